The molecule has 0 aliphatic heterocycles. The van der Waals surface area contributed by atoms with E-state index in [1.807, 2.05) is 45.0 Å². The van der Waals surface area contributed by atoms with Crippen LogP contribution in [0.2, 0.25) is 0 Å². The number of aryl methyl sites for hydroxylation is 1. The van der Waals surface area contributed by atoms with Crippen LogP contribution in [-0.2, 0) is 0 Å². The molecule has 0 N–H and O–H groups in total. The van der Waals surface area contributed by atoms with E-state index in [4.69, 9.17) is 4.98 Å². The third-order valence-electron chi connectivity index (χ3n) is 4.04. The van der Waals surface area contributed by atoms with Crippen LogP contribution in [0.25, 0.3) is 33.4 Å². The molecule has 0 radical (unpaired) electrons. The van der Waals surface area contributed by atoms with Crippen LogP contribution in [0.1, 0.15) is 19.5 Å². The number of fused-ring (bicyclic) bond motifs is 1. The summed E-state index contributed by atoms with van der Waals surface area (Å²) >= 11 is 0. The summed E-state index contributed by atoms with van der Waals surface area (Å²) in [6.45, 7) is 6.03. The van der Waals surface area contributed by atoms with Gasteiger partial charge in [0, 0.05) is 16.6 Å². The fourth-order valence-corrected chi connectivity index (χ4v) is 2.81. The average molecular weight is 326 g/mol. The Hall–Kier alpha value is -3.00. The van der Waals surface area contributed by atoms with Gasteiger partial charge in [0.15, 0.2) is 5.82 Å². The fourth-order valence-electron chi connectivity index (χ4n) is 2.81. The molecule has 0 fully saturated rings. The third kappa shape index (κ3) is 3.58. The predicted molar refractivity (Wildman–Crippen MR) is 106 cm³/mol. The largest absolute Gasteiger partial charge is 0.233 e. The Bertz CT molecular complexity index is 958. The van der Waals surface area contributed by atoms with Gasteiger partial charge in [0.25, 0.3) is 0 Å². The lowest BCUT2D eigenvalue weighted by atomic mass is 10.0. The number of benzene rings is 3. The number of nitrogens with zero attached hydrogens (tertiary/aromatic N) is 2. The lowest BCUT2D eigenvalue weighted by Gasteiger charge is -2.07. The molecule has 124 valence electrons. The maximum atomic E-state index is 4.70. The van der Waals surface area contributed by atoms with Crippen LogP contribution in [0.4, 0.5) is 0 Å². The Labute approximate surface area is 149 Å². The van der Waals surface area contributed by atoms with Crippen molar-refractivity contribution >= 4 is 10.9 Å². The zero-order valence-electron chi connectivity index (χ0n) is 14.9. The van der Waals surface area contributed by atoms with E-state index in [0.29, 0.717) is 0 Å². The molecule has 0 aliphatic carbocycles. The molecule has 0 aliphatic rings. The van der Waals surface area contributed by atoms with Crippen molar-refractivity contribution in [2.24, 2.45) is 0 Å². The highest BCUT2D eigenvalue weighted by atomic mass is 14.9. The number of para-hydroxylation sites is 1. The number of aromatic nitrogens is 2. The standard InChI is InChI=1S/C21H16N2.C2H6/c1-15-19-9-5-6-10-20(19)23-21(22-15)18-13-11-17(12-14-18)16-7-3-2-4-8-16;1-2/h2-14H,1H3;1-2H3. The first-order valence-electron chi connectivity index (χ1n) is 8.70. The van der Waals surface area contributed by atoms with Gasteiger partial charge in [-0.05, 0) is 24.1 Å². The number of hydrogen-bond donors (Lipinski definition) is 0. The molecule has 3 aromatic carbocycles. The first kappa shape index (κ1) is 16.8. The van der Waals surface area contributed by atoms with E-state index in [1.54, 1.807) is 0 Å². The van der Waals surface area contributed by atoms with E-state index in [9.17, 15) is 0 Å². The van der Waals surface area contributed by atoms with Crippen molar-refractivity contribution in [3.8, 4) is 22.5 Å². The minimum absolute atomic E-state index is 0.779. The molecule has 25 heavy (non-hydrogen) atoms. The third-order valence-corrected chi connectivity index (χ3v) is 4.04. The second-order valence-electron chi connectivity index (χ2n) is 5.59. The van der Waals surface area contributed by atoms with Crippen molar-refractivity contribution in [1.82, 2.24) is 9.97 Å². The van der Waals surface area contributed by atoms with Gasteiger partial charge in [0.2, 0.25) is 0 Å². The fraction of sp³-hybridized carbons (Fsp3) is 0.130. The molecular weight excluding hydrogens is 304 g/mol. The van der Waals surface area contributed by atoms with E-state index in [2.05, 4.69) is 59.6 Å². The van der Waals surface area contributed by atoms with Gasteiger partial charge in [-0.25, -0.2) is 9.97 Å². The van der Waals surface area contributed by atoms with Crippen LogP contribution < -0.4 is 0 Å². The first-order chi connectivity index (χ1) is 12.3. The Morgan fingerprint density at radius 1 is 0.560 bits per heavy atom. The lowest BCUT2D eigenvalue weighted by molar-refractivity contribution is 1.16. The molecule has 1 heterocycles. The lowest BCUT2D eigenvalue weighted by Crippen LogP contribution is -1.94. The molecule has 0 spiro atoms. The highest BCUT2D eigenvalue weighted by Gasteiger charge is 2.06. The Morgan fingerprint density at radius 3 is 1.84 bits per heavy atom. The van der Waals surface area contributed by atoms with Crippen LogP contribution in [-0.4, -0.2) is 9.97 Å². The summed E-state index contributed by atoms with van der Waals surface area (Å²) in [7, 11) is 0. The highest BCUT2D eigenvalue weighted by molar-refractivity contribution is 5.82. The molecule has 2 heteroatoms. The van der Waals surface area contributed by atoms with E-state index in [1.165, 1.54) is 11.1 Å². The Kier molecular flexibility index (Phi) is 5.20. The van der Waals surface area contributed by atoms with Gasteiger partial charge in [0.05, 0.1) is 5.52 Å². The Morgan fingerprint density at radius 2 is 1.12 bits per heavy atom. The van der Waals surface area contributed by atoms with E-state index >= 15 is 0 Å². The van der Waals surface area contributed by atoms with Crippen LogP contribution in [0.15, 0.2) is 78.9 Å². The monoisotopic (exact) mass is 326 g/mol. The number of rotatable bonds is 2. The Balaban J connectivity index is 0.000000880. The molecular formula is C23H22N2. The summed E-state index contributed by atoms with van der Waals surface area (Å²) in [5, 5.41) is 1.11. The summed E-state index contributed by atoms with van der Waals surface area (Å²) in [6, 6.07) is 26.9. The SMILES string of the molecule is CC.Cc1nc(-c2ccc(-c3ccccc3)cc2)nc2ccccc12. The number of hydrogen-bond acceptors (Lipinski definition) is 2. The zero-order valence-corrected chi connectivity index (χ0v) is 14.9. The van der Waals surface area contributed by atoms with Gasteiger partial charge >= 0.3 is 0 Å². The van der Waals surface area contributed by atoms with Crippen LogP contribution in [0.3, 0.4) is 0 Å². The topological polar surface area (TPSA) is 25.8 Å². The minimum atomic E-state index is 0.779. The molecule has 4 rings (SSSR count). The van der Waals surface area contributed by atoms with Gasteiger partial charge in [-0.1, -0.05) is 86.6 Å². The second-order valence-corrected chi connectivity index (χ2v) is 5.59. The van der Waals surface area contributed by atoms with Crippen LogP contribution in [0.5, 0.6) is 0 Å². The molecule has 0 bridgehead atoms. The van der Waals surface area contributed by atoms with E-state index in [-0.39, 0.29) is 0 Å². The summed E-state index contributed by atoms with van der Waals surface area (Å²) in [4.78, 5) is 9.36. The maximum Gasteiger partial charge on any atom is 0.160 e. The normalized spacial score (nSPS) is 10.2. The molecule has 2 nitrogen and oxygen atoms in total. The summed E-state index contributed by atoms with van der Waals surface area (Å²) in [5.74, 6) is 0.779. The van der Waals surface area contributed by atoms with Crippen LogP contribution in [0, 0.1) is 6.92 Å². The first-order valence-corrected chi connectivity index (χ1v) is 8.70. The van der Waals surface area contributed by atoms with Crippen LogP contribution >= 0.6 is 0 Å². The molecule has 4 aromatic rings. The average Bonchev–Trinajstić information content (AvgIpc) is 2.70. The molecule has 0 unspecified atom stereocenters. The van der Waals surface area contributed by atoms with Crippen molar-refractivity contribution in [3.05, 3.63) is 84.6 Å². The molecule has 0 saturated heterocycles. The van der Waals surface area contributed by atoms with Gasteiger partial charge in [0.1, 0.15) is 0 Å². The predicted octanol–water partition coefficient (Wildman–Crippen LogP) is 6.30. The van der Waals surface area contributed by atoms with Crippen molar-refractivity contribution in [2.75, 3.05) is 0 Å². The molecule has 0 amide bonds. The quantitative estimate of drug-likeness (QED) is 0.432. The van der Waals surface area contributed by atoms with Crippen molar-refractivity contribution < 1.29 is 0 Å². The summed E-state index contributed by atoms with van der Waals surface area (Å²) in [6.07, 6.45) is 0. The molecule has 0 saturated carbocycles. The van der Waals surface area contributed by atoms with Crippen molar-refractivity contribution in [3.63, 3.8) is 0 Å². The summed E-state index contributed by atoms with van der Waals surface area (Å²) in [5.41, 5.74) is 5.46. The minimum Gasteiger partial charge on any atom is -0.233 e. The molecule has 0 atom stereocenters. The van der Waals surface area contributed by atoms with Gasteiger partial charge < -0.3 is 0 Å². The van der Waals surface area contributed by atoms with E-state index < -0.39 is 0 Å². The van der Waals surface area contributed by atoms with Gasteiger partial charge in [-0.3, -0.25) is 0 Å². The summed E-state index contributed by atoms with van der Waals surface area (Å²) < 4.78 is 0. The van der Waals surface area contributed by atoms with Gasteiger partial charge in [-0.2, -0.15) is 0 Å². The smallest absolute Gasteiger partial charge is 0.160 e. The highest BCUT2D eigenvalue weighted by Crippen LogP contribution is 2.25. The van der Waals surface area contributed by atoms with Crippen molar-refractivity contribution in [2.45, 2.75) is 20.8 Å². The zero-order chi connectivity index (χ0) is 17.6. The van der Waals surface area contributed by atoms with E-state index in [0.717, 1.165) is 28.0 Å². The second kappa shape index (κ2) is 7.71. The maximum absolute atomic E-state index is 4.70. The van der Waals surface area contributed by atoms with Crippen molar-refractivity contribution in [1.29, 1.82) is 0 Å². The van der Waals surface area contributed by atoms with Gasteiger partial charge in [-0.15, -0.1) is 0 Å². The molecule has 1 aromatic heterocycles.